The second-order valence-corrected chi connectivity index (χ2v) is 7.63. The third-order valence-corrected chi connectivity index (χ3v) is 5.30. The number of hydrogen-bond donors (Lipinski definition) is 4. The average molecular weight is 423 g/mol. The Kier molecular flexibility index (Phi) is 7.27. The van der Waals surface area contributed by atoms with Gasteiger partial charge in [-0.25, -0.2) is 0 Å². The lowest BCUT2D eigenvalue weighted by molar-refractivity contribution is -0.909. The number of pyridine rings is 1. The molecule has 0 aliphatic heterocycles. The highest BCUT2D eigenvalue weighted by Gasteiger charge is 2.25. The van der Waals surface area contributed by atoms with E-state index >= 15 is 0 Å². The van der Waals surface area contributed by atoms with Crippen LogP contribution in [0.4, 0.5) is 0 Å². The van der Waals surface area contributed by atoms with Crippen molar-refractivity contribution in [2.24, 2.45) is 5.92 Å². The Morgan fingerprint density at radius 1 is 1.32 bits per heavy atom. The van der Waals surface area contributed by atoms with Crippen molar-refractivity contribution in [3.05, 3.63) is 64.8 Å². The molecule has 0 atom stereocenters. The summed E-state index contributed by atoms with van der Waals surface area (Å²) < 4.78 is 6.42. The third kappa shape index (κ3) is 5.62. The number of nitrogens with zero attached hydrogens (tertiary/aromatic N) is 1. The largest absolute Gasteiger partial charge is 0.492 e. The van der Waals surface area contributed by atoms with Crippen LogP contribution in [0.25, 0.3) is 0 Å². The predicted octanol–water partition coefficient (Wildman–Crippen LogP) is 2.57. The molecule has 1 aromatic heterocycles. The number of carbonyl (C=O) groups is 1. The van der Waals surface area contributed by atoms with Crippen molar-refractivity contribution < 1.29 is 24.6 Å². The van der Waals surface area contributed by atoms with Crippen molar-refractivity contribution in [2.75, 3.05) is 6.61 Å². The van der Waals surface area contributed by atoms with Gasteiger partial charge in [-0.1, -0.05) is 11.8 Å². The molecule has 162 valence electrons. The zero-order valence-corrected chi connectivity index (χ0v) is 17.8. The summed E-state index contributed by atoms with van der Waals surface area (Å²) in [6.07, 6.45) is 7.94. The fourth-order valence-corrected chi connectivity index (χ4v) is 3.51. The quantitative estimate of drug-likeness (QED) is 0.340. The van der Waals surface area contributed by atoms with Crippen LogP contribution in [0, 0.1) is 30.1 Å². The Hall–Kier alpha value is -3.37. The summed E-state index contributed by atoms with van der Waals surface area (Å²) in [5.74, 6) is 6.36. The van der Waals surface area contributed by atoms with Crippen molar-refractivity contribution in [1.82, 2.24) is 5.32 Å². The molecule has 0 saturated heterocycles. The van der Waals surface area contributed by atoms with Gasteiger partial charge in [0.25, 0.3) is 0 Å². The van der Waals surface area contributed by atoms with Crippen LogP contribution >= 0.6 is 0 Å². The number of aliphatic hydroxyl groups is 1. The van der Waals surface area contributed by atoms with Crippen LogP contribution < -0.4 is 10.0 Å². The Morgan fingerprint density at radius 3 is 2.77 bits per heavy atom. The lowest BCUT2D eigenvalue weighted by Gasteiger charge is -2.21. The molecule has 7 heteroatoms. The van der Waals surface area contributed by atoms with Gasteiger partial charge < -0.3 is 20.6 Å². The fraction of sp³-hybridized carbons (Fsp3) is 0.375. The van der Waals surface area contributed by atoms with Crippen LogP contribution in [0.5, 0.6) is 0 Å². The summed E-state index contributed by atoms with van der Waals surface area (Å²) in [6, 6.07) is 4.89. The lowest BCUT2D eigenvalue weighted by atomic mass is 9.88. The number of nitrogens with one attached hydrogen (secondary N) is 2. The van der Waals surface area contributed by atoms with Gasteiger partial charge in [0.1, 0.15) is 5.76 Å². The van der Waals surface area contributed by atoms with Crippen molar-refractivity contribution >= 4 is 11.6 Å². The number of aromatic nitrogens is 1. The van der Waals surface area contributed by atoms with Gasteiger partial charge in [-0.2, -0.15) is 0 Å². The van der Waals surface area contributed by atoms with Gasteiger partial charge in [-0.05, 0) is 50.8 Å². The van der Waals surface area contributed by atoms with Crippen molar-refractivity contribution in [1.29, 1.82) is 5.41 Å². The molecule has 3 rings (SSSR count). The van der Waals surface area contributed by atoms with E-state index in [4.69, 9.17) is 10.1 Å². The Morgan fingerprint density at radius 2 is 2.06 bits per heavy atom. The molecule has 1 aromatic rings. The van der Waals surface area contributed by atoms with Crippen molar-refractivity contribution in [3.63, 3.8) is 0 Å². The number of ether oxygens (including phenoxy) is 1. The van der Waals surface area contributed by atoms with E-state index in [9.17, 15) is 15.1 Å². The van der Waals surface area contributed by atoms with Crippen LogP contribution in [-0.2, 0) is 4.74 Å². The van der Waals surface area contributed by atoms with Gasteiger partial charge in [0, 0.05) is 41.4 Å². The summed E-state index contributed by atoms with van der Waals surface area (Å²) >= 11 is 0. The summed E-state index contributed by atoms with van der Waals surface area (Å²) in [6.45, 7) is 3.89. The van der Waals surface area contributed by atoms with Crippen LogP contribution in [0.1, 0.15) is 48.8 Å². The zero-order chi connectivity index (χ0) is 22.4. The molecular formula is C24H28N3O4+. The predicted molar refractivity (Wildman–Crippen MR) is 115 cm³/mol. The first kappa shape index (κ1) is 22.3. The number of aliphatic hydroxyl groups excluding tert-OH is 1. The molecule has 0 radical (unpaired) electrons. The Labute approximate surface area is 182 Å². The molecule has 2 aliphatic carbocycles. The SMILES string of the molecule is CCOC1=CC(=N)/C(=C\C#CC2CCC(O)CC2)C=C1NC(=O)c1cccc(C)[n+]1O. The second kappa shape index (κ2) is 10.1. The van der Waals surface area contributed by atoms with Gasteiger partial charge in [-0.3, -0.25) is 10.0 Å². The highest BCUT2D eigenvalue weighted by molar-refractivity contribution is 6.11. The van der Waals surface area contributed by atoms with E-state index in [2.05, 4.69) is 17.2 Å². The maximum atomic E-state index is 12.7. The van der Waals surface area contributed by atoms with Gasteiger partial charge in [0.05, 0.1) is 24.1 Å². The maximum absolute atomic E-state index is 12.7. The second-order valence-electron chi connectivity index (χ2n) is 7.63. The van der Waals surface area contributed by atoms with Crippen molar-refractivity contribution in [3.8, 4) is 11.8 Å². The van der Waals surface area contributed by atoms with Gasteiger partial charge >= 0.3 is 11.6 Å². The average Bonchev–Trinajstić information content (AvgIpc) is 2.74. The normalized spacial score (nSPS) is 22.2. The minimum absolute atomic E-state index is 0.0854. The van der Waals surface area contributed by atoms with E-state index in [0.29, 0.717) is 29.3 Å². The molecule has 1 saturated carbocycles. The Balaban J connectivity index is 1.82. The Bertz CT molecular complexity index is 1020. The number of allylic oxidation sites excluding steroid dienone is 4. The number of carbonyl (C=O) groups excluding carboxylic acids is 1. The topological polar surface area (TPSA) is 107 Å². The highest BCUT2D eigenvalue weighted by atomic mass is 16.5. The van der Waals surface area contributed by atoms with Crippen LogP contribution in [0.15, 0.2) is 53.5 Å². The van der Waals surface area contributed by atoms with Crippen molar-refractivity contribution in [2.45, 2.75) is 45.6 Å². The molecule has 0 spiro atoms. The van der Waals surface area contributed by atoms with Gasteiger partial charge in [0.15, 0.2) is 0 Å². The fourth-order valence-electron chi connectivity index (χ4n) is 3.51. The van der Waals surface area contributed by atoms with Crippen LogP contribution in [-0.4, -0.2) is 34.6 Å². The molecule has 2 aliphatic rings. The van der Waals surface area contributed by atoms with Gasteiger partial charge in [0.2, 0.25) is 5.69 Å². The standard InChI is InChI=1S/C24H27N3O4/c1-3-31-23-15-20(25)18(8-5-7-17-10-12-19(28)13-11-17)14-21(23)26-24(29)22-9-4-6-16(2)27(22)30/h4,6,8-9,14-15,17,19,25,28H,3,10-13H2,1-2H3,(H-,26,29,30)/p+1/b18-8-,25-20?. The van der Waals surface area contributed by atoms with E-state index < -0.39 is 5.91 Å². The van der Waals surface area contributed by atoms with E-state index in [1.807, 2.05) is 6.92 Å². The minimum atomic E-state index is -0.498. The highest BCUT2D eigenvalue weighted by Crippen LogP contribution is 2.24. The van der Waals surface area contributed by atoms with Gasteiger partial charge in [-0.15, -0.1) is 0 Å². The first-order valence-corrected chi connectivity index (χ1v) is 10.5. The molecule has 4 N–H and O–H groups in total. The molecule has 1 heterocycles. The van der Waals surface area contributed by atoms with E-state index in [1.54, 1.807) is 37.3 Å². The summed E-state index contributed by atoms with van der Waals surface area (Å²) in [7, 11) is 0. The first-order valence-electron chi connectivity index (χ1n) is 10.5. The summed E-state index contributed by atoms with van der Waals surface area (Å²) in [5, 5.41) is 30.8. The number of amides is 1. The number of hydrogen-bond acceptors (Lipinski definition) is 5. The molecule has 31 heavy (non-hydrogen) atoms. The summed E-state index contributed by atoms with van der Waals surface area (Å²) in [5.41, 5.74) is 1.81. The maximum Gasteiger partial charge on any atom is 0.325 e. The molecule has 0 bridgehead atoms. The van der Waals surface area contributed by atoms with Crippen LogP contribution in [0.2, 0.25) is 0 Å². The number of rotatable bonds is 4. The summed E-state index contributed by atoms with van der Waals surface area (Å²) in [4.78, 5) is 12.7. The lowest BCUT2D eigenvalue weighted by Crippen LogP contribution is -2.44. The molecule has 1 amide bonds. The molecule has 7 nitrogen and oxygen atoms in total. The van der Waals surface area contributed by atoms with E-state index in [-0.39, 0.29) is 23.4 Å². The van der Waals surface area contributed by atoms with E-state index in [0.717, 1.165) is 30.4 Å². The van der Waals surface area contributed by atoms with E-state index in [1.165, 1.54) is 6.07 Å². The molecule has 0 unspecified atom stereocenters. The third-order valence-electron chi connectivity index (χ3n) is 5.30. The number of aryl methyl sites for hydroxylation is 1. The molecular weight excluding hydrogens is 394 g/mol. The molecule has 0 aromatic carbocycles. The smallest absolute Gasteiger partial charge is 0.325 e. The minimum Gasteiger partial charge on any atom is -0.492 e. The zero-order valence-electron chi connectivity index (χ0n) is 17.8. The monoisotopic (exact) mass is 422 g/mol. The van der Waals surface area contributed by atoms with Crippen LogP contribution in [0.3, 0.4) is 0 Å². The molecule has 1 fully saturated rings. The first-order chi connectivity index (χ1) is 14.9.